The van der Waals surface area contributed by atoms with E-state index in [1.54, 1.807) is 35.2 Å². The van der Waals surface area contributed by atoms with Gasteiger partial charge in [0.15, 0.2) is 5.96 Å². The molecule has 0 bridgehead atoms. The van der Waals surface area contributed by atoms with E-state index in [0.717, 1.165) is 22.8 Å². The molecule has 1 aliphatic rings. The number of aliphatic carboxylic acids is 1. The van der Waals surface area contributed by atoms with Crippen LogP contribution in [0.1, 0.15) is 29.0 Å². The van der Waals surface area contributed by atoms with E-state index in [-0.39, 0.29) is 30.3 Å². The number of fused-ring (bicyclic) bond motifs is 1. The Hall–Kier alpha value is -3.78. The molecule has 1 saturated heterocycles. The van der Waals surface area contributed by atoms with E-state index in [1.807, 2.05) is 30.3 Å². The molecule has 0 saturated carbocycles. The minimum absolute atomic E-state index is 0. The van der Waals surface area contributed by atoms with Gasteiger partial charge in [-0.15, -0.1) is 12.4 Å². The number of rotatable bonds is 7. The SMILES string of the molecule is Cl.N=C(N)c1ccc2ccc(C[C@H](C(=O)O)c3ccc(O[C@H]4CCN(C(=N)N)C4)cc3)cc2c1. The summed E-state index contributed by atoms with van der Waals surface area (Å²) >= 11 is 0. The number of nitrogens with zero attached hydrogens (tertiary/aromatic N) is 1. The van der Waals surface area contributed by atoms with Crippen LogP contribution >= 0.6 is 12.4 Å². The lowest BCUT2D eigenvalue weighted by molar-refractivity contribution is -0.138. The summed E-state index contributed by atoms with van der Waals surface area (Å²) in [6, 6.07) is 18.6. The van der Waals surface area contributed by atoms with Crippen molar-refractivity contribution in [2.75, 3.05) is 13.1 Å². The molecular formula is C25H28ClN5O3. The third kappa shape index (κ3) is 5.58. The number of nitrogens with two attached hydrogens (primary N) is 2. The van der Waals surface area contributed by atoms with Gasteiger partial charge in [0.05, 0.1) is 12.5 Å². The maximum absolute atomic E-state index is 12.1. The molecule has 3 aromatic carbocycles. The van der Waals surface area contributed by atoms with Gasteiger partial charge in [0, 0.05) is 18.5 Å². The number of likely N-dealkylation sites (tertiary alicyclic amines) is 1. The van der Waals surface area contributed by atoms with E-state index in [2.05, 4.69) is 0 Å². The van der Waals surface area contributed by atoms with Crippen LogP contribution in [0.2, 0.25) is 0 Å². The number of ether oxygens (including phenoxy) is 1. The summed E-state index contributed by atoms with van der Waals surface area (Å²) in [7, 11) is 0. The van der Waals surface area contributed by atoms with Crippen LogP contribution in [0, 0.1) is 10.8 Å². The van der Waals surface area contributed by atoms with Crippen LogP contribution in [0.25, 0.3) is 10.8 Å². The smallest absolute Gasteiger partial charge is 0.311 e. The Kier molecular flexibility index (Phi) is 7.63. The van der Waals surface area contributed by atoms with Crippen molar-refractivity contribution in [3.8, 4) is 5.75 Å². The number of nitrogens with one attached hydrogen (secondary N) is 2. The monoisotopic (exact) mass is 481 g/mol. The summed E-state index contributed by atoms with van der Waals surface area (Å²) in [4.78, 5) is 13.8. The largest absolute Gasteiger partial charge is 0.489 e. The number of amidine groups is 1. The van der Waals surface area contributed by atoms with Crippen molar-refractivity contribution < 1.29 is 14.6 Å². The Labute approximate surface area is 203 Å². The highest BCUT2D eigenvalue weighted by Crippen LogP contribution is 2.27. The van der Waals surface area contributed by atoms with Gasteiger partial charge in [-0.25, -0.2) is 0 Å². The summed E-state index contributed by atoms with van der Waals surface area (Å²) in [5.41, 5.74) is 13.4. The van der Waals surface area contributed by atoms with E-state index >= 15 is 0 Å². The van der Waals surface area contributed by atoms with Crippen molar-refractivity contribution in [3.63, 3.8) is 0 Å². The van der Waals surface area contributed by atoms with Crippen LogP contribution in [0.3, 0.4) is 0 Å². The summed E-state index contributed by atoms with van der Waals surface area (Å²) in [5.74, 6) is -0.881. The van der Waals surface area contributed by atoms with Gasteiger partial charge in [0.2, 0.25) is 0 Å². The highest BCUT2D eigenvalue weighted by Gasteiger charge is 2.25. The molecule has 0 unspecified atom stereocenters. The van der Waals surface area contributed by atoms with Gasteiger partial charge >= 0.3 is 5.97 Å². The van der Waals surface area contributed by atoms with Crippen LogP contribution in [0.15, 0.2) is 60.7 Å². The zero-order valence-electron chi connectivity index (χ0n) is 18.5. The standard InChI is InChI=1S/C25H27N5O3.ClH/c26-23(27)18-4-3-16-2-1-15(11-19(16)13-18)12-22(24(31)32)17-5-7-20(8-6-17)33-21-9-10-30(14-21)25(28)29;/h1-8,11,13,21-22H,9-10,12,14H2,(H3,26,27)(H3,28,29)(H,31,32);1H/t21-,22-;/m0./s1. The molecule has 0 amide bonds. The Morgan fingerprint density at radius 3 is 2.38 bits per heavy atom. The van der Waals surface area contributed by atoms with E-state index in [9.17, 15) is 9.90 Å². The summed E-state index contributed by atoms with van der Waals surface area (Å²) < 4.78 is 5.98. The predicted octanol–water partition coefficient (Wildman–Crippen LogP) is 3.30. The number of benzene rings is 3. The quantitative estimate of drug-likeness (QED) is 0.258. The Morgan fingerprint density at radius 2 is 1.76 bits per heavy atom. The highest BCUT2D eigenvalue weighted by atomic mass is 35.5. The average molecular weight is 482 g/mol. The van der Waals surface area contributed by atoms with Gasteiger partial charge in [0.1, 0.15) is 17.7 Å². The summed E-state index contributed by atoms with van der Waals surface area (Å²) in [6.07, 6.45) is 1.07. The lowest BCUT2D eigenvalue weighted by Crippen LogP contribution is -2.35. The Bertz CT molecular complexity index is 1210. The normalized spacial score (nSPS) is 16.0. The second kappa shape index (κ2) is 10.4. The average Bonchev–Trinajstić information content (AvgIpc) is 3.26. The summed E-state index contributed by atoms with van der Waals surface area (Å²) in [6.45, 7) is 1.26. The minimum Gasteiger partial charge on any atom is -0.489 e. The van der Waals surface area contributed by atoms with Gasteiger partial charge in [-0.2, -0.15) is 0 Å². The lowest BCUT2D eigenvalue weighted by Gasteiger charge is -2.18. The van der Waals surface area contributed by atoms with Gasteiger partial charge in [-0.3, -0.25) is 15.6 Å². The molecule has 4 rings (SSSR count). The van der Waals surface area contributed by atoms with E-state index in [1.165, 1.54) is 0 Å². The molecule has 0 radical (unpaired) electrons. The molecule has 0 aliphatic carbocycles. The van der Waals surface area contributed by atoms with Crippen molar-refractivity contribution in [2.45, 2.75) is 24.9 Å². The predicted molar refractivity (Wildman–Crippen MR) is 135 cm³/mol. The first-order valence-corrected chi connectivity index (χ1v) is 10.8. The van der Waals surface area contributed by atoms with Crippen molar-refractivity contribution in [3.05, 3.63) is 77.4 Å². The fourth-order valence-electron chi connectivity index (χ4n) is 4.19. The first kappa shape index (κ1) is 24.9. The first-order chi connectivity index (χ1) is 15.8. The molecule has 3 aromatic rings. The number of carboxylic acid groups (broad SMARTS) is 1. The first-order valence-electron chi connectivity index (χ1n) is 10.8. The number of nitrogen functional groups attached to an aromatic ring is 1. The molecule has 34 heavy (non-hydrogen) atoms. The molecule has 1 aliphatic heterocycles. The molecule has 0 aromatic heterocycles. The van der Waals surface area contributed by atoms with Crippen LogP contribution in [-0.4, -0.2) is 47.0 Å². The molecule has 8 nitrogen and oxygen atoms in total. The van der Waals surface area contributed by atoms with Gasteiger partial charge in [-0.1, -0.05) is 42.5 Å². The van der Waals surface area contributed by atoms with Crippen molar-refractivity contribution in [1.82, 2.24) is 4.90 Å². The lowest BCUT2D eigenvalue weighted by atomic mass is 9.91. The molecule has 2 atom stereocenters. The number of guanidine groups is 1. The van der Waals surface area contributed by atoms with Crippen molar-refractivity contribution >= 4 is 40.9 Å². The summed E-state index contributed by atoms with van der Waals surface area (Å²) in [5, 5.41) is 27.0. The Balaban J connectivity index is 0.00000324. The molecule has 9 heteroatoms. The van der Waals surface area contributed by atoms with Gasteiger partial charge < -0.3 is 26.2 Å². The number of carbonyl (C=O) groups is 1. The molecule has 1 heterocycles. The number of hydrogen-bond acceptors (Lipinski definition) is 4. The molecule has 7 N–H and O–H groups in total. The fourth-order valence-corrected chi connectivity index (χ4v) is 4.19. The topological polar surface area (TPSA) is 150 Å². The maximum atomic E-state index is 12.1. The van der Waals surface area contributed by atoms with E-state index in [0.29, 0.717) is 36.4 Å². The second-order valence-corrected chi connectivity index (χ2v) is 8.33. The Morgan fingerprint density at radius 1 is 1.06 bits per heavy atom. The molecule has 0 spiro atoms. The molecular weight excluding hydrogens is 454 g/mol. The maximum Gasteiger partial charge on any atom is 0.311 e. The van der Waals surface area contributed by atoms with Crippen LogP contribution in [0.4, 0.5) is 0 Å². The number of hydrogen-bond donors (Lipinski definition) is 5. The number of halogens is 1. The van der Waals surface area contributed by atoms with Crippen molar-refractivity contribution in [1.29, 1.82) is 10.8 Å². The molecule has 178 valence electrons. The van der Waals surface area contributed by atoms with E-state index < -0.39 is 11.9 Å². The second-order valence-electron chi connectivity index (χ2n) is 8.33. The minimum atomic E-state index is -0.894. The third-order valence-electron chi connectivity index (χ3n) is 6.02. The van der Waals surface area contributed by atoms with E-state index in [4.69, 9.17) is 27.0 Å². The van der Waals surface area contributed by atoms with Gasteiger partial charge in [0.25, 0.3) is 0 Å². The third-order valence-corrected chi connectivity index (χ3v) is 6.02. The van der Waals surface area contributed by atoms with Crippen LogP contribution in [0.5, 0.6) is 5.75 Å². The van der Waals surface area contributed by atoms with Crippen LogP contribution in [-0.2, 0) is 11.2 Å². The fraction of sp³-hybridized carbons (Fsp3) is 0.240. The highest BCUT2D eigenvalue weighted by molar-refractivity contribution is 5.99. The molecule has 1 fully saturated rings. The number of carboxylic acids is 1. The zero-order chi connectivity index (χ0) is 23.5. The van der Waals surface area contributed by atoms with Crippen molar-refractivity contribution in [2.24, 2.45) is 11.5 Å². The van der Waals surface area contributed by atoms with Crippen LogP contribution < -0.4 is 16.2 Å². The zero-order valence-corrected chi connectivity index (χ0v) is 19.3. The van der Waals surface area contributed by atoms with Gasteiger partial charge in [-0.05, 0) is 46.5 Å².